The first kappa shape index (κ1) is 98.2. The molecule has 0 saturated carbocycles. The van der Waals surface area contributed by atoms with Crippen molar-refractivity contribution in [1.82, 2.24) is 103 Å². The first-order valence-electron chi connectivity index (χ1n) is 42.1. The van der Waals surface area contributed by atoms with Gasteiger partial charge in [0.1, 0.15) is 36.7 Å². The summed E-state index contributed by atoms with van der Waals surface area (Å²) in [7, 11) is 0.197. The molecule has 7 aromatic heterocycles. The average molecular weight is 1900 g/mol. The average Bonchev–Trinajstić information content (AvgIpc) is 1.56. The lowest BCUT2D eigenvalue weighted by Gasteiger charge is -2.21. The largest absolute Gasteiger partial charge is 0.480 e. The number of aromatic amines is 3. The first-order chi connectivity index (χ1) is 63.8. The molecule has 0 fully saturated rings. The van der Waals surface area contributed by atoms with Crippen LogP contribution in [0, 0.1) is 6.92 Å². The lowest BCUT2D eigenvalue weighted by molar-refractivity contribution is -0.142. The summed E-state index contributed by atoms with van der Waals surface area (Å²) in [5, 5.41) is 37.8. The molecule has 49 heteroatoms. The maximum atomic E-state index is 14.7. The smallest absolute Gasteiger partial charge is 0.426 e. The van der Waals surface area contributed by atoms with E-state index >= 15 is 0 Å². The van der Waals surface area contributed by atoms with Crippen LogP contribution in [0.1, 0.15) is 195 Å². The fraction of sp³-hybridized carbons (Fsp3) is 0.376. The number of benzene rings is 2. The molecule has 706 valence electrons. The van der Waals surface area contributed by atoms with Gasteiger partial charge in [0.2, 0.25) is 35.5 Å². The lowest BCUT2D eigenvalue weighted by atomic mass is 9.84. The number of nitrogens with two attached hydrogens (primary N) is 3. The maximum Gasteiger partial charge on any atom is 0.426 e. The van der Waals surface area contributed by atoms with Crippen molar-refractivity contribution in [2.45, 2.75) is 153 Å². The van der Waals surface area contributed by atoms with Crippen molar-refractivity contribution in [2.75, 3.05) is 78.5 Å². The predicted molar refractivity (Wildman–Crippen MR) is 490 cm³/mol. The van der Waals surface area contributed by atoms with E-state index < -0.39 is 166 Å². The van der Waals surface area contributed by atoms with Gasteiger partial charge in [-0.1, -0.05) is 42.4 Å². The van der Waals surface area contributed by atoms with Gasteiger partial charge in [-0.2, -0.15) is 23.4 Å². The van der Waals surface area contributed by atoms with Crippen molar-refractivity contribution in [3.63, 3.8) is 0 Å². The Morgan fingerprint density at radius 1 is 0.657 bits per heavy atom. The highest BCUT2D eigenvalue weighted by Crippen LogP contribution is 2.49. The van der Waals surface area contributed by atoms with E-state index in [1.54, 1.807) is 38.2 Å². The topological polar surface area (TPSA) is 705 Å². The number of nitrogen functional groups attached to an aromatic ring is 3. The molecule has 8 amide bonds. The molecule has 8 bridgehead atoms. The highest BCUT2D eigenvalue weighted by Gasteiger charge is 2.46. The number of esters is 1. The number of H-pyrrole nitrogens is 3. The number of nitrogens with zero attached hydrogens (tertiary/aromatic N) is 10. The summed E-state index contributed by atoms with van der Waals surface area (Å²) in [6.07, 6.45) is 0.177. The molecule has 0 spiro atoms. The normalized spacial score (nSPS) is 15.8. The number of Topliss-reactive ketones (excluding diaryl/α,β-unsaturated/α-hetero) is 2. The number of aliphatic carboxylic acids is 2. The Labute approximate surface area is 770 Å². The molecule has 2 aliphatic heterocycles. The second-order valence-electron chi connectivity index (χ2n) is 31.8. The van der Waals surface area contributed by atoms with E-state index in [4.69, 9.17) is 36.6 Å². The Morgan fingerprint density at radius 3 is 2.00 bits per heavy atom. The summed E-state index contributed by atoms with van der Waals surface area (Å²) < 4.78 is 42.5. The number of carbonyl (C=O) groups is 13. The Morgan fingerprint density at radius 2 is 1.31 bits per heavy atom. The number of carbonyl (C=O) groups excluding carboxylic acids is 11. The second kappa shape index (κ2) is 43.4. The van der Waals surface area contributed by atoms with Crippen LogP contribution < -0.4 is 75.7 Å². The van der Waals surface area contributed by atoms with Crippen molar-refractivity contribution in [3.8, 4) is 0 Å². The van der Waals surface area contributed by atoms with E-state index in [0.717, 1.165) is 39.4 Å². The predicted octanol–water partition coefficient (Wildman–Crippen LogP) is 3.94. The number of ketones is 2. The van der Waals surface area contributed by atoms with Crippen molar-refractivity contribution in [3.05, 3.63) is 163 Å². The van der Waals surface area contributed by atoms with Gasteiger partial charge < -0.3 is 89.0 Å². The Hall–Kier alpha value is -14.9. The monoisotopic (exact) mass is 1900 g/mol. The number of amides is 8. The molecule has 2 unspecified atom stereocenters. The van der Waals surface area contributed by atoms with Crippen molar-refractivity contribution in [2.24, 2.45) is 0 Å². The molecule has 12 rings (SSSR count). The van der Waals surface area contributed by atoms with Crippen molar-refractivity contribution < 1.29 is 95.0 Å². The van der Waals surface area contributed by atoms with E-state index in [0.29, 0.717) is 78.5 Å². The van der Waals surface area contributed by atoms with Crippen LogP contribution in [0.25, 0.3) is 44.4 Å². The molecule has 2 aromatic carbocycles. The number of hydrogen-bond acceptors (Lipinski definition) is 34. The molecule has 0 saturated heterocycles. The number of methoxy groups -OCH3 is 1. The van der Waals surface area contributed by atoms with Gasteiger partial charge in [-0.3, -0.25) is 77.7 Å². The Balaban J connectivity index is 0.658. The van der Waals surface area contributed by atoms with Crippen LogP contribution in [0.5, 0.6) is 0 Å². The van der Waals surface area contributed by atoms with Gasteiger partial charge >= 0.3 is 24.0 Å². The minimum atomic E-state index is -4.58. The minimum Gasteiger partial charge on any atom is -0.480 e. The number of anilines is 5. The van der Waals surface area contributed by atoms with Gasteiger partial charge in [0.05, 0.1) is 72.9 Å². The summed E-state index contributed by atoms with van der Waals surface area (Å²) in [5.74, 6) is -15.0. The number of ether oxygens (including phenoxy) is 2. The molecule has 46 nitrogen and oxygen atoms in total. The number of nitrogens with one attached hydrogen (secondary N) is 12. The van der Waals surface area contributed by atoms with E-state index in [1.165, 1.54) is 62.8 Å². The van der Waals surface area contributed by atoms with Crippen LogP contribution >= 0.6 is 21.6 Å². The Kier molecular flexibility index (Phi) is 31.8. The Bertz CT molecular complexity index is 6480. The van der Waals surface area contributed by atoms with Crippen LogP contribution in [0.3, 0.4) is 0 Å². The van der Waals surface area contributed by atoms with Gasteiger partial charge in [0.15, 0.2) is 39.7 Å². The number of hydrazine groups is 1. The van der Waals surface area contributed by atoms with E-state index in [9.17, 15) is 90.3 Å². The number of carboxylic acids is 2. The van der Waals surface area contributed by atoms with E-state index in [-0.39, 0.29) is 126 Å². The van der Waals surface area contributed by atoms with Gasteiger partial charge in [-0.15, -0.1) is 0 Å². The number of carboxylic acid groups (broad SMARTS) is 2. The van der Waals surface area contributed by atoms with E-state index in [2.05, 4.69) is 112 Å². The molecule has 134 heavy (non-hydrogen) atoms. The molecule has 9 aromatic rings. The van der Waals surface area contributed by atoms with Crippen LogP contribution in [-0.4, -0.2) is 235 Å². The number of aromatic nitrogens is 12. The fourth-order valence-corrected chi connectivity index (χ4v) is 17.8. The molecular formula is C85H97N25O21S3. The van der Waals surface area contributed by atoms with Crippen LogP contribution in [0.15, 0.2) is 90.0 Å². The third kappa shape index (κ3) is 24.5. The van der Waals surface area contributed by atoms with Gasteiger partial charge in [-0.25, -0.2) is 39.7 Å². The van der Waals surface area contributed by atoms with Crippen LogP contribution in [0.2, 0.25) is 0 Å². The molecular weight excluding hydrogens is 1800 g/mol. The van der Waals surface area contributed by atoms with Crippen molar-refractivity contribution in [1.29, 1.82) is 0 Å². The van der Waals surface area contributed by atoms with Gasteiger partial charge in [0, 0.05) is 135 Å². The number of hydrogen-bond donors (Lipinski definition) is 18. The summed E-state index contributed by atoms with van der Waals surface area (Å²) in [6.45, 7) is 8.56. The lowest BCUT2D eigenvalue weighted by Crippen LogP contribution is -2.54. The maximum absolute atomic E-state index is 14.7. The summed E-state index contributed by atoms with van der Waals surface area (Å²) in [5.41, 5.74) is 29.8. The third-order valence-electron chi connectivity index (χ3n) is 22.5. The van der Waals surface area contributed by atoms with Crippen molar-refractivity contribution >= 4 is 182 Å². The zero-order chi connectivity index (χ0) is 96.7. The number of aryl methyl sites for hydroxylation is 1. The highest BCUT2D eigenvalue weighted by molar-refractivity contribution is 8.76. The van der Waals surface area contributed by atoms with Crippen LogP contribution in [-0.2, 0) is 71.0 Å². The summed E-state index contributed by atoms with van der Waals surface area (Å²) in [6, 6.07) is 12.6. The number of fused-ring (bicyclic) bond motifs is 10. The highest BCUT2D eigenvalue weighted by atomic mass is 33.1. The zero-order valence-electron chi connectivity index (χ0n) is 73.2. The van der Waals surface area contributed by atoms with E-state index in [1.807, 2.05) is 24.0 Å². The van der Waals surface area contributed by atoms with Gasteiger partial charge in [0.25, 0.3) is 33.4 Å². The molecule has 9 atom stereocenters. The second-order valence-corrected chi connectivity index (χ2v) is 36.0. The van der Waals surface area contributed by atoms with Crippen LogP contribution in [0.4, 0.5) is 33.9 Å². The van der Waals surface area contributed by atoms with Gasteiger partial charge in [-0.05, 0) is 124 Å². The molecule has 21 N–H and O–H groups in total. The standard InChI is InChI=1S/C85H97N25O21S3/c1-8-49-38(2)55-30-58-51(41(5)111)28-45(94-58)29-54-39(3)50(67(99-54)65-66(82(125)130-7)71(115)64-40(4)56(100-68(64)65)31-57(49)97-55)19-21-61(112)89-23-9-10-52(101-75(116)43-13-17-48(18-14-43)110(6)36-47-35-93-73-69(96-47)72(86)104-83(87)105-73)78(119)108-109-85(126)131-25-26-132-133-37-60(81(123)124)103-77(118)59(32-63(114)90-24-27-134(127,128)129)98-62(113)22-20-53(80(121)122)102-76(117)42-11-15-44(16-12-42)91-33-46-34-92-74-70(95-46)79(120)107-84(88)106-74/h11-18,28-31,34-35,38-39,49-50,52-53,59-60,66,91,94,100H,8-10,19-27,32-33,36-37H2,1-7H3,(H,89,112)(H,90,114)(H,98,113)(H,101,116)(H,102,117)(H,103,118)(H,108,119)(H,109,126)(H,121,122)(H,123,124)(H,127,128,129)(H4,86,87,93,104,105)(H3,88,92,106,107,120)/t38-,39+,49-,50+,52?,53+,59+,60+,66?/m1/s1. The SMILES string of the molecule is CC[C@H]1c2cc3[nH]c4c(c3C)C(=O)C(C(=O)OC)c4c3nc(cc4cc(C(C)=O)c(cc(n2)[C@@H]1C)[nH]4)[C@@H](C)[C@@H]3CCC(=O)NCCCC(NC(=O)c1ccc(N(C)Cc2cnc3nc(N)nc(N)c3n2)cc1)C(=O)NNC(=O)OCCSSC[C@H](NC(=O)[C@H](CC(=O)NCCS(=O)(=O)O)NC(=O)CC[C@H](NC(=O)c1ccc(NCc2cnc3nc(N)[nH]c(=O)c3n2)cc1)C(=O)O)C(=O)O. The molecule has 0 radical (unpaired) electrons. The fourth-order valence-electron chi connectivity index (χ4n) is 15.5. The molecule has 3 aliphatic rings. The first-order valence-corrected chi connectivity index (χ1v) is 46.2. The number of rotatable bonds is 40. The quantitative estimate of drug-likeness (QED) is 0.00492. The third-order valence-corrected chi connectivity index (χ3v) is 25.6. The molecule has 9 heterocycles. The zero-order valence-corrected chi connectivity index (χ0v) is 75.7. The molecule has 1 aliphatic carbocycles. The minimum absolute atomic E-state index is 0.00284. The summed E-state index contributed by atoms with van der Waals surface area (Å²) in [4.78, 5) is 239. The summed E-state index contributed by atoms with van der Waals surface area (Å²) >= 11 is 0.